The zero-order valence-corrected chi connectivity index (χ0v) is 22.9. The van der Waals surface area contributed by atoms with Gasteiger partial charge in [-0.1, -0.05) is 12.1 Å². The van der Waals surface area contributed by atoms with E-state index in [2.05, 4.69) is 35.5 Å². The normalized spacial score (nSPS) is 13.8. The van der Waals surface area contributed by atoms with E-state index in [9.17, 15) is 14.4 Å². The number of rotatable bonds is 5. The Bertz CT molecular complexity index is 1530. The predicted molar refractivity (Wildman–Crippen MR) is 152 cm³/mol. The Hall–Kier alpha value is -4.87. The number of carbonyl (C=O) groups is 3. The van der Waals surface area contributed by atoms with Gasteiger partial charge in [0.25, 0.3) is 11.8 Å². The second-order valence-corrected chi connectivity index (χ2v) is 10.6. The molecule has 1 fully saturated rings. The van der Waals surface area contributed by atoms with Crippen LogP contribution in [0.3, 0.4) is 0 Å². The maximum absolute atomic E-state index is 13.1. The molecule has 208 valence electrons. The van der Waals surface area contributed by atoms with Gasteiger partial charge in [-0.3, -0.25) is 14.9 Å². The number of aromatic nitrogens is 4. The lowest BCUT2D eigenvalue weighted by Crippen LogP contribution is -2.50. The van der Waals surface area contributed by atoms with Crippen molar-refractivity contribution in [1.29, 1.82) is 0 Å². The molecule has 0 radical (unpaired) electrons. The highest BCUT2D eigenvalue weighted by Gasteiger charge is 2.26. The fourth-order valence-electron chi connectivity index (χ4n) is 4.46. The van der Waals surface area contributed by atoms with Crippen molar-refractivity contribution >= 4 is 46.3 Å². The summed E-state index contributed by atoms with van der Waals surface area (Å²) in [6.07, 6.45) is 1.00. The third-order valence-corrected chi connectivity index (χ3v) is 6.46. The number of hydrogen-bond acceptors (Lipinski definition) is 7. The number of para-hydroxylation sites is 2. The molecular weight excluding hydrogens is 512 g/mol. The quantitative estimate of drug-likeness (QED) is 0.295. The summed E-state index contributed by atoms with van der Waals surface area (Å²) in [5.41, 5.74) is 3.40. The lowest BCUT2D eigenvalue weighted by Gasteiger charge is -2.37. The number of H-pyrrole nitrogens is 2. The van der Waals surface area contributed by atoms with E-state index in [4.69, 9.17) is 4.74 Å². The summed E-state index contributed by atoms with van der Waals surface area (Å²) in [4.78, 5) is 56.4. The van der Waals surface area contributed by atoms with Gasteiger partial charge in [0, 0.05) is 37.6 Å². The summed E-state index contributed by atoms with van der Waals surface area (Å²) in [5, 5.41) is 5.53. The number of aromatic amines is 2. The predicted octanol–water partition coefficient (Wildman–Crippen LogP) is 4.16. The van der Waals surface area contributed by atoms with Crippen molar-refractivity contribution in [2.45, 2.75) is 33.3 Å². The molecule has 0 atom stereocenters. The van der Waals surface area contributed by atoms with Gasteiger partial charge in [-0.25, -0.2) is 14.8 Å². The molecule has 0 unspecified atom stereocenters. The van der Waals surface area contributed by atoms with Crippen LogP contribution in [-0.4, -0.2) is 74.5 Å². The van der Waals surface area contributed by atoms with E-state index in [1.165, 1.54) is 6.33 Å². The second-order valence-electron chi connectivity index (χ2n) is 10.6. The molecule has 3 heterocycles. The van der Waals surface area contributed by atoms with Crippen molar-refractivity contribution < 1.29 is 19.1 Å². The first-order valence-electron chi connectivity index (χ1n) is 13.0. The fourth-order valence-corrected chi connectivity index (χ4v) is 4.46. The van der Waals surface area contributed by atoms with Crippen molar-refractivity contribution in [1.82, 2.24) is 24.8 Å². The van der Waals surface area contributed by atoms with E-state index in [-0.39, 0.29) is 23.4 Å². The molecule has 0 aliphatic carbocycles. The number of aryl methyl sites for hydroxylation is 1. The zero-order valence-electron chi connectivity index (χ0n) is 22.9. The summed E-state index contributed by atoms with van der Waals surface area (Å²) in [6, 6.07) is 13.1. The number of anilines is 3. The SMILES string of the molecule is Cc1cc(N2CCN(C(=O)OC(C)(C)C)CC2)ccc1NC(=O)c1nc[nH]c1C(=O)Nc1nc2ccccc2[nH]1. The van der Waals surface area contributed by atoms with Gasteiger partial charge in [0.05, 0.1) is 17.4 Å². The molecular formula is C28H32N8O4. The van der Waals surface area contributed by atoms with Crippen LogP contribution >= 0.6 is 0 Å². The summed E-state index contributed by atoms with van der Waals surface area (Å²) in [5.74, 6) is -0.789. The molecule has 0 saturated carbocycles. The summed E-state index contributed by atoms with van der Waals surface area (Å²) < 4.78 is 5.48. The monoisotopic (exact) mass is 544 g/mol. The second kappa shape index (κ2) is 10.7. The number of nitrogens with zero attached hydrogens (tertiary/aromatic N) is 4. The first-order valence-corrected chi connectivity index (χ1v) is 13.0. The minimum Gasteiger partial charge on any atom is -0.444 e. The number of hydrogen-bond donors (Lipinski definition) is 4. The Morgan fingerprint density at radius 3 is 2.42 bits per heavy atom. The van der Waals surface area contributed by atoms with E-state index >= 15 is 0 Å². The van der Waals surface area contributed by atoms with E-state index in [0.29, 0.717) is 37.4 Å². The van der Waals surface area contributed by atoms with Crippen molar-refractivity contribution in [3.63, 3.8) is 0 Å². The van der Waals surface area contributed by atoms with Gasteiger partial charge < -0.3 is 29.8 Å². The number of amides is 3. The van der Waals surface area contributed by atoms with Crippen LogP contribution in [0.1, 0.15) is 47.3 Å². The van der Waals surface area contributed by atoms with Crippen molar-refractivity contribution in [3.05, 3.63) is 65.7 Å². The molecule has 12 nitrogen and oxygen atoms in total. The molecule has 3 amide bonds. The maximum atomic E-state index is 13.1. The van der Waals surface area contributed by atoms with E-state index in [1.54, 1.807) is 4.90 Å². The van der Waals surface area contributed by atoms with Gasteiger partial charge in [-0.05, 0) is 63.6 Å². The first kappa shape index (κ1) is 26.7. The standard InChI is InChI=1S/C28H32N8O4/c1-17-15-18(35-11-13-36(14-12-35)27(39)40-28(2,3)4)9-10-19(17)31-24(37)22-23(30-16-29-22)25(38)34-26-32-20-7-5-6-8-21(20)33-26/h5-10,15-16H,11-14H2,1-4H3,(H,29,30)(H,31,37)(H2,32,33,34,38). The molecule has 1 aliphatic heterocycles. The number of benzene rings is 2. The van der Waals surface area contributed by atoms with Crippen LogP contribution in [0, 0.1) is 6.92 Å². The Morgan fingerprint density at radius 2 is 1.73 bits per heavy atom. The minimum atomic E-state index is -0.542. The van der Waals surface area contributed by atoms with Crippen LogP contribution in [0.15, 0.2) is 48.8 Å². The van der Waals surface area contributed by atoms with Gasteiger partial charge in [-0.15, -0.1) is 0 Å². The van der Waals surface area contributed by atoms with Gasteiger partial charge in [0.15, 0.2) is 5.69 Å². The van der Waals surface area contributed by atoms with E-state index in [1.807, 2.05) is 70.2 Å². The highest BCUT2D eigenvalue weighted by molar-refractivity contribution is 6.13. The van der Waals surface area contributed by atoms with Crippen LogP contribution in [0.25, 0.3) is 11.0 Å². The topological polar surface area (TPSA) is 148 Å². The third-order valence-electron chi connectivity index (χ3n) is 6.46. The van der Waals surface area contributed by atoms with Crippen LogP contribution in [0.5, 0.6) is 0 Å². The molecule has 1 saturated heterocycles. The summed E-state index contributed by atoms with van der Waals surface area (Å²) in [6.45, 7) is 9.92. The van der Waals surface area contributed by atoms with Crippen LogP contribution in [-0.2, 0) is 4.74 Å². The average molecular weight is 545 g/mol. The van der Waals surface area contributed by atoms with Gasteiger partial charge in [-0.2, -0.15) is 0 Å². The van der Waals surface area contributed by atoms with E-state index < -0.39 is 17.4 Å². The number of nitrogens with one attached hydrogen (secondary N) is 4. The Morgan fingerprint density at radius 1 is 0.975 bits per heavy atom. The van der Waals surface area contributed by atoms with Crippen LogP contribution < -0.4 is 15.5 Å². The zero-order chi connectivity index (χ0) is 28.4. The largest absolute Gasteiger partial charge is 0.444 e. The number of ether oxygens (including phenoxy) is 1. The molecule has 5 rings (SSSR count). The molecule has 2 aromatic carbocycles. The first-order chi connectivity index (χ1) is 19.1. The van der Waals surface area contributed by atoms with Gasteiger partial charge in [0.1, 0.15) is 11.3 Å². The molecule has 0 bridgehead atoms. The minimum absolute atomic E-state index is 0.0232. The molecule has 4 aromatic rings. The number of carbonyl (C=O) groups excluding carboxylic acids is 3. The smallest absolute Gasteiger partial charge is 0.410 e. The molecule has 1 aliphatic rings. The third kappa shape index (κ3) is 5.90. The summed E-state index contributed by atoms with van der Waals surface area (Å²) in [7, 11) is 0. The van der Waals surface area contributed by atoms with Crippen LogP contribution in [0.2, 0.25) is 0 Å². The molecule has 12 heteroatoms. The van der Waals surface area contributed by atoms with Crippen molar-refractivity contribution in [2.75, 3.05) is 41.7 Å². The maximum Gasteiger partial charge on any atom is 0.410 e. The van der Waals surface area contributed by atoms with Crippen molar-refractivity contribution in [2.24, 2.45) is 0 Å². The Kier molecular flexibility index (Phi) is 7.16. The lowest BCUT2D eigenvalue weighted by molar-refractivity contribution is 0.0240. The lowest BCUT2D eigenvalue weighted by atomic mass is 10.1. The molecule has 2 aromatic heterocycles. The molecule has 0 spiro atoms. The highest BCUT2D eigenvalue weighted by Crippen LogP contribution is 2.25. The van der Waals surface area contributed by atoms with E-state index in [0.717, 1.165) is 16.8 Å². The van der Waals surface area contributed by atoms with Gasteiger partial charge in [0.2, 0.25) is 5.95 Å². The summed E-state index contributed by atoms with van der Waals surface area (Å²) >= 11 is 0. The Labute approximate surface area is 231 Å². The number of fused-ring (bicyclic) bond motifs is 1. The number of imidazole rings is 2. The highest BCUT2D eigenvalue weighted by atomic mass is 16.6. The molecule has 40 heavy (non-hydrogen) atoms. The van der Waals surface area contributed by atoms with Gasteiger partial charge >= 0.3 is 6.09 Å². The average Bonchev–Trinajstić information content (AvgIpc) is 3.56. The Balaban J connectivity index is 1.21. The van der Waals surface area contributed by atoms with Crippen LogP contribution in [0.4, 0.5) is 22.1 Å². The number of piperazine rings is 1. The molecule has 4 N–H and O–H groups in total. The fraction of sp³-hybridized carbons (Fsp3) is 0.321. The van der Waals surface area contributed by atoms with Crippen molar-refractivity contribution in [3.8, 4) is 0 Å².